The van der Waals surface area contributed by atoms with E-state index in [0.717, 1.165) is 12.8 Å². The maximum absolute atomic E-state index is 11.3. The highest BCUT2D eigenvalue weighted by Gasteiger charge is 2.46. The molecule has 3 rings (SSSR count). The molecule has 2 heteroatoms. The fourth-order valence-electron chi connectivity index (χ4n) is 3.60. The maximum atomic E-state index is 11.3. The molecule has 82 valence electrons. The number of ether oxygens (including phenoxy) is 1. The number of rotatable bonds is 0. The van der Waals surface area contributed by atoms with E-state index in [0.29, 0.717) is 17.8 Å². The molecular formula is C13H18O2. The summed E-state index contributed by atoms with van der Waals surface area (Å²) in [4.78, 5) is 11.3. The van der Waals surface area contributed by atoms with E-state index < -0.39 is 0 Å². The standard InChI is InChI=1S/C13H18O2/c1-13-5-3-2-4-10(13)7-11-9(8-13)6-12(14)15-11/h4,9,11H,2-3,5-8H2,1H3/t9?,11-,13+/m0/s1. The minimum Gasteiger partial charge on any atom is -0.462 e. The third kappa shape index (κ3) is 1.42. The Bertz CT molecular complexity index is 331. The summed E-state index contributed by atoms with van der Waals surface area (Å²) in [5.41, 5.74) is 1.94. The Morgan fingerprint density at radius 3 is 3.20 bits per heavy atom. The van der Waals surface area contributed by atoms with Gasteiger partial charge in [-0.15, -0.1) is 0 Å². The molecule has 2 fully saturated rings. The average Bonchev–Trinajstić information content (AvgIpc) is 2.52. The molecule has 3 atom stereocenters. The largest absolute Gasteiger partial charge is 0.462 e. The van der Waals surface area contributed by atoms with Crippen molar-refractivity contribution in [3.63, 3.8) is 0 Å². The topological polar surface area (TPSA) is 26.3 Å². The number of esters is 1. The van der Waals surface area contributed by atoms with Crippen LogP contribution in [0, 0.1) is 11.3 Å². The fraction of sp³-hybridized carbons (Fsp3) is 0.769. The van der Waals surface area contributed by atoms with Crippen molar-refractivity contribution in [3.8, 4) is 0 Å². The molecule has 1 saturated carbocycles. The molecule has 2 aliphatic carbocycles. The molecular weight excluding hydrogens is 188 g/mol. The first-order valence-electron chi connectivity index (χ1n) is 6.06. The van der Waals surface area contributed by atoms with Gasteiger partial charge < -0.3 is 4.74 Å². The first-order valence-corrected chi connectivity index (χ1v) is 6.06. The average molecular weight is 206 g/mol. The fourth-order valence-corrected chi connectivity index (χ4v) is 3.60. The molecule has 1 unspecified atom stereocenters. The lowest BCUT2D eigenvalue weighted by molar-refractivity contribution is -0.141. The Balaban J connectivity index is 1.88. The van der Waals surface area contributed by atoms with Crippen molar-refractivity contribution < 1.29 is 9.53 Å². The predicted molar refractivity (Wildman–Crippen MR) is 57.3 cm³/mol. The summed E-state index contributed by atoms with van der Waals surface area (Å²) in [6, 6.07) is 0. The molecule has 0 aromatic rings. The molecule has 1 saturated heterocycles. The number of carbonyl (C=O) groups excluding carboxylic acids is 1. The molecule has 1 heterocycles. The van der Waals surface area contributed by atoms with Crippen LogP contribution in [0.4, 0.5) is 0 Å². The Hall–Kier alpha value is -0.790. The molecule has 0 bridgehead atoms. The van der Waals surface area contributed by atoms with Crippen LogP contribution in [-0.2, 0) is 9.53 Å². The Morgan fingerprint density at radius 1 is 1.47 bits per heavy atom. The highest BCUT2D eigenvalue weighted by atomic mass is 16.5. The summed E-state index contributed by atoms with van der Waals surface area (Å²) in [6.07, 6.45) is 9.26. The minimum absolute atomic E-state index is 0.0212. The molecule has 3 aliphatic rings. The van der Waals surface area contributed by atoms with Gasteiger partial charge in [0, 0.05) is 12.3 Å². The molecule has 0 radical (unpaired) electrons. The highest BCUT2D eigenvalue weighted by molar-refractivity contribution is 5.72. The normalized spacial score (nSPS) is 44.1. The van der Waals surface area contributed by atoms with Crippen LogP contribution < -0.4 is 0 Å². The lowest BCUT2D eigenvalue weighted by atomic mass is 9.62. The molecule has 1 aliphatic heterocycles. The zero-order chi connectivity index (χ0) is 10.5. The number of carbonyl (C=O) groups is 1. The van der Waals surface area contributed by atoms with Gasteiger partial charge in [0.25, 0.3) is 0 Å². The van der Waals surface area contributed by atoms with Crippen molar-refractivity contribution in [1.29, 1.82) is 0 Å². The molecule has 15 heavy (non-hydrogen) atoms. The van der Waals surface area contributed by atoms with Crippen LogP contribution in [0.15, 0.2) is 11.6 Å². The van der Waals surface area contributed by atoms with Gasteiger partial charge in [0.05, 0.1) is 6.42 Å². The van der Waals surface area contributed by atoms with E-state index in [-0.39, 0.29) is 12.1 Å². The van der Waals surface area contributed by atoms with Gasteiger partial charge in [0.2, 0.25) is 0 Å². The quantitative estimate of drug-likeness (QED) is 0.450. The number of allylic oxidation sites excluding steroid dienone is 1. The zero-order valence-corrected chi connectivity index (χ0v) is 9.29. The molecule has 0 aromatic carbocycles. The van der Waals surface area contributed by atoms with Crippen molar-refractivity contribution >= 4 is 5.97 Å². The van der Waals surface area contributed by atoms with Crippen molar-refractivity contribution in [1.82, 2.24) is 0 Å². The summed E-state index contributed by atoms with van der Waals surface area (Å²) < 4.78 is 5.38. The Labute approximate surface area is 90.7 Å². The first-order chi connectivity index (χ1) is 7.17. The summed E-state index contributed by atoms with van der Waals surface area (Å²) >= 11 is 0. The van der Waals surface area contributed by atoms with Crippen LogP contribution in [-0.4, -0.2) is 12.1 Å². The zero-order valence-electron chi connectivity index (χ0n) is 9.29. The van der Waals surface area contributed by atoms with Gasteiger partial charge in [-0.1, -0.05) is 18.6 Å². The summed E-state index contributed by atoms with van der Waals surface area (Å²) in [6.45, 7) is 2.37. The third-order valence-corrected chi connectivity index (χ3v) is 4.47. The van der Waals surface area contributed by atoms with Gasteiger partial charge in [-0.25, -0.2) is 0 Å². The van der Waals surface area contributed by atoms with Gasteiger partial charge in [-0.05, 0) is 31.1 Å². The second-order valence-electron chi connectivity index (χ2n) is 5.58. The smallest absolute Gasteiger partial charge is 0.306 e. The summed E-state index contributed by atoms with van der Waals surface area (Å²) in [7, 11) is 0. The van der Waals surface area contributed by atoms with E-state index in [2.05, 4.69) is 13.0 Å². The maximum Gasteiger partial charge on any atom is 0.306 e. The van der Waals surface area contributed by atoms with Crippen LogP contribution in [0.2, 0.25) is 0 Å². The third-order valence-electron chi connectivity index (χ3n) is 4.47. The second kappa shape index (κ2) is 3.10. The molecule has 0 amide bonds. The molecule has 0 aromatic heterocycles. The minimum atomic E-state index is 0.0212. The van der Waals surface area contributed by atoms with Crippen LogP contribution in [0.25, 0.3) is 0 Å². The number of hydrogen-bond donors (Lipinski definition) is 0. The number of hydrogen-bond acceptors (Lipinski definition) is 2. The van der Waals surface area contributed by atoms with E-state index in [9.17, 15) is 4.79 Å². The van der Waals surface area contributed by atoms with Gasteiger partial charge >= 0.3 is 5.97 Å². The van der Waals surface area contributed by atoms with E-state index in [1.54, 1.807) is 5.57 Å². The van der Waals surface area contributed by atoms with Crippen LogP contribution in [0.5, 0.6) is 0 Å². The molecule has 0 N–H and O–H groups in total. The van der Waals surface area contributed by atoms with Crippen molar-refractivity contribution in [3.05, 3.63) is 11.6 Å². The van der Waals surface area contributed by atoms with E-state index in [4.69, 9.17) is 4.74 Å². The Kier molecular flexibility index (Phi) is 1.95. The second-order valence-corrected chi connectivity index (χ2v) is 5.58. The summed E-state index contributed by atoms with van der Waals surface area (Å²) in [5, 5.41) is 0. The van der Waals surface area contributed by atoms with E-state index in [1.807, 2.05) is 0 Å². The van der Waals surface area contributed by atoms with Crippen LogP contribution in [0.1, 0.15) is 45.4 Å². The monoisotopic (exact) mass is 206 g/mol. The van der Waals surface area contributed by atoms with Gasteiger partial charge in [0.1, 0.15) is 6.10 Å². The highest BCUT2D eigenvalue weighted by Crippen LogP contribution is 2.52. The van der Waals surface area contributed by atoms with Crippen LogP contribution in [0.3, 0.4) is 0 Å². The predicted octanol–water partition coefficient (Wildman–Crippen LogP) is 2.83. The van der Waals surface area contributed by atoms with Crippen molar-refractivity contribution in [2.24, 2.45) is 11.3 Å². The lowest BCUT2D eigenvalue weighted by Gasteiger charge is -2.43. The first kappa shape index (κ1) is 9.44. The Morgan fingerprint density at radius 2 is 2.33 bits per heavy atom. The van der Waals surface area contributed by atoms with Gasteiger partial charge in [0.15, 0.2) is 0 Å². The van der Waals surface area contributed by atoms with Gasteiger partial charge in [-0.3, -0.25) is 4.79 Å². The van der Waals surface area contributed by atoms with E-state index >= 15 is 0 Å². The van der Waals surface area contributed by atoms with Gasteiger partial charge in [-0.2, -0.15) is 0 Å². The lowest BCUT2D eigenvalue weighted by Crippen LogP contribution is -2.36. The molecule has 0 spiro atoms. The van der Waals surface area contributed by atoms with Crippen molar-refractivity contribution in [2.45, 2.75) is 51.6 Å². The SMILES string of the molecule is C[C@]12CCCC=C1C[C@@H]1OC(=O)CC1C2. The molecule has 2 nitrogen and oxygen atoms in total. The summed E-state index contributed by atoms with van der Waals surface area (Å²) in [5.74, 6) is 0.519. The van der Waals surface area contributed by atoms with Crippen molar-refractivity contribution in [2.75, 3.05) is 0 Å². The number of fused-ring (bicyclic) bond motifs is 2. The van der Waals surface area contributed by atoms with Crippen LogP contribution >= 0.6 is 0 Å². The van der Waals surface area contributed by atoms with E-state index in [1.165, 1.54) is 19.3 Å².